The van der Waals surface area contributed by atoms with Crippen molar-refractivity contribution in [2.45, 2.75) is 29.9 Å². The van der Waals surface area contributed by atoms with Crippen molar-refractivity contribution in [3.8, 4) is 0 Å². The van der Waals surface area contributed by atoms with Crippen LogP contribution in [0, 0.1) is 0 Å². The van der Waals surface area contributed by atoms with Crippen molar-refractivity contribution in [3.05, 3.63) is 30.1 Å². The van der Waals surface area contributed by atoms with E-state index in [1.165, 1.54) is 11.4 Å². The number of amides is 1. The predicted molar refractivity (Wildman–Crippen MR) is 88.0 cm³/mol. The summed E-state index contributed by atoms with van der Waals surface area (Å²) in [6, 6.07) is 3.64. The Morgan fingerprint density at radius 2 is 2.32 bits per heavy atom. The number of hydrogen-bond acceptors (Lipinski definition) is 6. The third-order valence-electron chi connectivity index (χ3n) is 5.21. The maximum absolute atomic E-state index is 13.0. The summed E-state index contributed by atoms with van der Waals surface area (Å²) in [7, 11) is -2.00. The minimum absolute atomic E-state index is 0.000381. The molecule has 0 unspecified atom stereocenters. The topological polar surface area (TPSA) is 89.0 Å². The molecule has 1 spiro atoms. The van der Waals surface area contributed by atoms with Crippen LogP contribution in [-0.4, -0.2) is 78.8 Å². The number of carbonyl (C=O) groups is 1. The lowest BCUT2D eigenvalue weighted by Crippen LogP contribution is -2.57. The lowest BCUT2D eigenvalue weighted by atomic mass is 9.99. The number of likely N-dealkylation sites (tertiary alicyclic amines) is 1. The van der Waals surface area contributed by atoms with Crippen LogP contribution >= 0.6 is 0 Å². The van der Waals surface area contributed by atoms with Crippen molar-refractivity contribution < 1.29 is 22.7 Å². The molecule has 2 bridgehead atoms. The Balaban J connectivity index is 1.58. The molecule has 0 radical (unpaired) electrons. The quantitative estimate of drug-likeness (QED) is 0.720. The number of rotatable bonds is 4. The number of fused-ring (bicyclic) bond motifs is 1. The van der Waals surface area contributed by atoms with Crippen molar-refractivity contribution in [2.24, 2.45) is 0 Å². The van der Waals surface area contributed by atoms with E-state index in [1.807, 2.05) is 6.07 Å². The first-order chi connectivity index (χ1) is 11.9. The van der Waals surface area contributed by atoms with Gasteiger partial charge in [-0.15, -0.1) is 0 Å². The molecule has 0 aromatic carbocycles. The zero-order valence-electron chi connectivity index (χ0n) is 14.0. The van der Waals surface area contributed by atoms with Crippen LogP contribution in [0.5, 0.6) is 0 Å². The molecular formula is C16H21N3O5S. The Bertz CT molecular complexity index is 771. The first-order valence-corrected chi connectivity index (χ1v) is 9.77. The summed E-state index contributed by atoms with van der Waals surface area (Å²) in [6.07, 6.45) is 3.53. The average molecular weight is 367 g/mol. The van der Waals surface area contributed by atoms with Crippen LogP contribution < -0.4 is 0 Å². The maximum atomic E-state index is 13.0. The second-order valence-electron chi connectivity index (χ2n) is 6.91. The van der Waals surface area contributed by atoms with E-state index in [2.05, 4.69) is 4.98 Å². The van der Waals surface area contributed by atoms with E-state index in [1.54, 1.807) is 23.4 Å². The van der Waals surface area contributed by atoms with Gasteiger partial charge in [0.15, 0.2) is 0 Å². The molecule has 3 saturated heterocycles. The van der Waals surface area contributed by atoms with Gasteiger partial charge in [-0.25, -0.2) is 8.42 Å². The highest BCUT2D eigenvalue weighted by atomic mass is 32.2. The molecule has 1 aromatic heterocycles. The number of nitrogens with zero attached hydrogens (tertiary/aromatic N) is 3. The Kier molecular flexibility index (Phi) is 4.06. The standard InChI is InChI=1S/C16H21N3O5S/c1-23-9-15(20)18-8-13-5-14-16(10-18,24-13)11-19(25(14,21)22)7-12-3-2-4-17-6-12/h2-4,6,13-14H,5,7-11H2,1H3/t13-,14+,16+/m0/s1. The van der Waals surface area contributed by atoms with Crippen LogP contribution in [-0.2, 0) is 30.8 Å². The van der Waals surface area contributed by atoms with Crippen molar-refractivity contribution >= 4 is 15.9 Å². The summed E-state index contributed by atoms with van der Waals surface area (Å²) in [5, 5.41) is -0.595. The molecule has 3 aliphatic rings. The SMILES string of the molecule is COCC(=O)N1C[C@@H]2C[C@@H]3[C@@](C1)(CN(Cc1cccnc1)S3(=O)=O)O2. The highest BCUT2D eigenvalue weighted by molar-refractivity contribution is 7.90. The van der Waals surface area contributed by atoms with E-state index >= 15 is 0 Å². The van der Waals surface area contributed by atoms with Crippen LogP contribution in [0.1, 0.15) is 12.0 Å². The fourth-order valence-corrected chi connectivity index (χ4v) is 6.48. The molecule has 9 heteroatoms. The molecule has 4 rings (SSSR count). The third kappa shape index (κ3) is 2.75. The van der Waals surface area contributed by atoms with Crippen LogP contribution in [0.25, 0.3) is 0 Å². The fourth-order valence-electron chi connectivity index (χ4n) is 4.19. The normalized spacial score (nSPS) is 33.4. The fraction of sp³-hybridized carbons (Fsp3) is 0.625. The van der Waals surface area contributed by atoms with Gasteiger partial charge < -0.3 is 14.4 Å². The molecule has 25 heavy (non-hydrogen) atoms. The number of aromatic nitrogens is 1. The van der Waals surface area contributed by atoms with E-state index in [-0.39, 0.29) is 31.7 Å². The summed E-state index contributed by atoms with van der Waals surface area (Å²) < 4.78 is 38.5. The van der Waals surface area contributed by atoms with Gasteiger partial charge in [0, 0.05) is 39.1 Å². The minimum Gasteiger partial charge on any atom is -0.375 e. The van der Waals surface area contributed by atoms with Gasteiger partial charge in [-0.1, -0.05) is 6.07 Å². The van der Waals surface area contributed by atoms with Crippen molar-refractivity contribution in [1.82, 2.24) is 14.2 Å². The molecule has 0 saturated carbocycles. The van der Waals surface area contributed by atoms with Crippen molar-refractivity contribution in [2.75, 3.05) is 33.4 Å². The number of pyridine rings is 1. The van der Waals surface area contributed by atoms with Gasteiger partial charge in [0.05, 0.1) is 12.6 Å². The molecule has 3 atom stereocenters. The van der Waals surface area contributed by atoms with Crippen molar-refractivity contribution in [3.63, 3.8) is 0 Å². The second kappa shape index (κ2) is 6.01. The first kappa shape index (κ1) is 16.9. The molecular weight excluding hydrogens is 346 g/mol. The van der Waals surface area contributed by atoms with Gasteiger partial charge in [0.2, 0.25) is 15.9 Å². The summed E-state index contributed by atoms with van der Waals surface area (Å²) in [5.41, 5.74) is -0.00462. The van der Waals surface area contributed by atoms with E-state index < -0.39 is 20.9 Å². The molecule has 0 N–H and O–H groups in total. The monoisotopic (exact) mass is 367 g/mol. The van der Waals surface area contributed by atoms with Crippen LogP contribution in [0.3, 0.4) is 0 Å². The van der Waals surface area contributed by atoms with Crippen LogP contribution in [0.4, 0.5) is 0 Å². The van der Waals surface area contributed by atoms with Gasteiger partial charge >= 0.3 is 0 Å². The zero-order valence-corrected chi connectivity index (χ0v) is 14.8. The van der Waals surface area contributed by atoms with Gasteiger partial charge in [-0.3, -0.25) is 9.78 Å². The van der Waals surface area contributed by atoms with Gasteiger partial charge in [0.25, 0.3) is 0 Å². The Hall–Kier alpha value is -1.55. The second-order valence-corrected chi connectivity index (χ2v) is 9.03. The molecule has 3 fully saturated rings. The third-order valence-corrected chi connectivity index (χ3v) is 7.53. The highest BCUT2D eigenvalue weighted by Crippen LogP contribution is 2.46. The Labute approximate surface area is 146 Å². The highest BCUT2D eigenvalue weighted by Gasteiger charge is 2.65. The molecule has 8 nitrogen and oxygen atoms in total. The van der Waals surface area contributed by atoms with E-state index in [9.17, 15) is 13.2 Å². The smallest absolute Gasteiger partial charge is 0.248 e. The van der Waals surface area contributed by atoms with Gasteiger partial charge in [-0.05, 0) is 18.1 Å². The molecule has 1 aromatic rings. The lowest BCUT2D eigenvalue weighted by Gasteiger charge is -2.39. The van der Waals surface area contributed by atoms with E-state index in [4.69, 9.17) is 9.47 Å². The summed E-state index contributed by atoms with van der Waals surface area (Å²) in [5.74, 6) is -0.126. The van der Waals surface area contributed by atoms with Crippen LogP contribution in [0.15, 0.2) is 24.5 Å². The first-order valence-electron chi connectivity index (χ1n) is 8.27. The average Bonchev–Trinajstić information content (AvgIpc) is 2.95. The molecule has 4 heterocycles. The molecule has 3 aliphatic heterocycles. The maximum Gasteiger partial charge on any atom is 0.248 e. The number of sulfonamides is 1. The lowest BCUT2D eigenvalue weighted by molar-refractivity contribution is -0.154. The predicted octanol–water partition coefficient (Wildman–Crippen LogP) is -0.388. The molecule has 136 valence electrons. The largest absolute Gasteiger partial charge is 0.375 e. The Morgan fingerprint density at radius 3 is 3.04 bits per heavy atom. The van der Waals surface area contributed by atoms with Gasteiger partial charge in [-0.2, -0.15) is 4.31 Å². The summed E-state index contributed by atoms with van der Waals surface area (Å²) >= 11 is 0. The number of ether oxygens (including phenoxy) is 2. The minimum atomic E-state index is -3.48. The Morgan fingerprint density at radius 1 is 1.48 bits per heavy atom. The van der Waals surface area contributed by atoms with Gasteiger partial charge in [0.1, 0.15) is 17.5 Å². The summed E-state index contributed by atoms with van der Waals surface area (Å²) in [4.78, 5) is 17.9. The number of carbonyl (C=O) groups excluding carboxylic acids is 1. The molecule has 1 amide bonds. The van der Waals surface area contributed by atoms with Crippen LogP contribution in [0.2, 0.25) is 0 Å². The zero-order chi connectivity index (χ0) is 17.7. The number of methoxy groups -OCH3 is 1. The number of morpholine rings is 1. The van der Waals surface area contributed by atoms with Crippen molar-refractivity contribution in [1.29, 1.82) is 0 Å². The molecule has 0 aliphatic carbocycles. The number of hydrogen-bond donors (Lipinski definition) is 0. The summed E-state index contributed by atoms with van der Waals surface area (Å²) in [6.45, 7) is 1.26. The van der Waals surface area contributed by atoms with E-state index in [0.717, 1.165) is 5.56 Å². The van der Waals surface area contributed by atoms with E-state index in [0.29, 0.717) is 19.5 Å².